The van der Waals surface area contributed by atoms with Crippen LogP contribution in [-0.4, -0.2) is 19.3 Å². The van der Waals surface area contributed by atoms with E-state index < -0.39 is 0 Å². The van der Waals surface area contributed by atoms with Crippen molar-refractivity contribution < 1.29 is 9.47 Å². The fraction of sp³-hybridized carbons (Fsp3) is 0.571. The molecular formula is C14H23NO2. The third-order valence-electron chi connectivity index (χ3n) is 2.92. The molecule has 0 saturated heterocycles. The van der Waals surface area contributed by atoms with Gasteiger partial charge in [0.25, 0.3) is 0 Å². The van der Waals surface area contributed by atoms with E-state index in [-0.39, 0.29) is 11.6 Å². The van der Waals surface area contributed by atoms with Crippen molar-refractivity contribution in [1.82, 2.24) is 0 Å². The molecular weight excluding hydrogens is 214 g/mol. The molecule has 3 nitrogen and oxygen atoms in total. The molecule has 17 heavy (non-hydrogen) atoms. The van der Waals surface area contributed by atoms with Crippen LogP contribution in [0.3, 0.4) is 0 Å². The molecule has 0 aliphatic rings. The summed E-state index contributed by atoms with van der Waals surface area (Å²) in [6.07, 6.45) is 0.844. The van der Waals surface area contributed by atoms with Gasteiger partial charge in [0.05, 0.1) is 12.2 Å². The molecule has 0 aliphatic carbocycles. The van der Waals surface area contributed by atoms with Crippen LogP contribution in [0.2, 0.25) is 0 Å². The molecule has 1 rings (SSSR count). The fourth-order valence-corrected chi connectivity index (χ4v) is 1.50. The molecule has 0 fully saturated rings. The van der Waals surface area contributed by atoms with Gasteiger partial charge in [-0.3, -0.25) is 0 Å². The average Bonchev–Trinajstić information content (AvgIpc) is 2.29. The third kappa shape index (κ3) is 4.36. The van der Waals surface area contributed by atoms with Crippen molar-refractivity contribution in [1.29, 1.82) is 0 Å². The Balaban J connectivity index is 2.58. The maximum absolute atomic E-state index is 5.89. The van der Waals surface area contributed by atoms with Crippen LogP contribution in [0.15, 0.2) is 24.3 Å². The summed E-state index contributed by atoms with van der Waals surface area (Å²) in [6, 6.07) is 7.88. The molecule has 1 aromatic rings. The van der Waals surface area contributed by atoms with Gasteiger partial charge in [-0.1, -0.05) is 18.2 Å². The molecule has 0 heterocycles. The normalized spacial score (nSPS) is 13.5. The molecule has 96 valence electrons. The van der Waals surface area contributed by atoms with Gasteiger partial charge < -0.3 is 15.2 Å². The minimum atomic E-state index is -0.150. The van der Waals surface area contributed by atoms with E-state index in [1.807, 2.05) is 45.0 Å². The average molecular weight is 237 g/mol. The lowest BCUT2D eigenvalue weighted by molar-refractivity contribution is 0.00536. The molecule has 0 aromatic heterocycles. The molecule has 3 heteroatoms. The Bertz CT molecular complexity index is 348. The molecule has 0 spiro atoms. The lowest BCUT2D eigenvalue weighted by Crippen LogP contribution is -2.25. The van der Waals surface area contributed by atoms with E-state index in [4.69, 9.17) is 15.2 Å². The molecule has 2 N–H and O–H groups in total. The van der Waals surface area contributed by atoms with Crippen molar-refractivity contribution in [3.05, 3.63) is 29.8 Å². The van der Waals surface area contributed by atoms with Crippen molar-refractivity contribution in [2.45, 2.75) is 38.8 Å². The van der Waals surface area contributed by atoms with Gasteiger partial charge in [0.1, 0.15) is 5.75 Å². The molecule has 0 saturated carbocycles. The highest BCUT2D eigenvalue weighted by atomic mass is 16.5. The first kappa shape index (κ1) is 14.0. The highest BCUT2D eigenvalue weighted by Gasteiger charge is 2.16. The zero-order chi connectivity index (χ0) is 12.9. The topological polar surface area (TPSA) is 44.5 Å². The Labute approximate surface area is 104 Å². The van der Waals surface area contributed by atoms with Crippen LogP contribution in [0, 0.1) is 0 Å². The maximum Gasteiger partial charge on any atom is 0.124 e. The largest absolute Gasteiger partial charge is 0.493 e. The Morgan fingerprint density at radius 3 is 2.53 bits per heavy atom. The molecule has 1 aromatic carbocycles. The maximum atomic E-state index is 5.89. The van der Waals surface area contributed by atoms with E-state index in [1.54, 1.807) is 7.11 Å². The first-order valence-electron chi connectivity index (χ1n) is 5.99. The summed E-state index contributed by atoms with van der Waals surface area (Å²) in [5, 5.41) is 0. The highest BCUT2D eigenvalue weighted by Crippen LogP contribution is 2.24. The number of hydrogen-bond acceptors (Lipinski definition) is 3. The summed E-state index contributed by atoms with van der Waals surface area (Å²) < 4.78 is 11.1. The van der Waals surface area contributed by atoms with Crippen LogP contribution in [0.25, 0.3) is 0 Å². The van der Waals surface area contributed by atoms with Gasteiger partial charge in [-0.15, -0.1) is 0 Å². The smallest absolute Gasteiger partial charge is 0.124 e. The van der Waals surface area contributed by atoms with Gasteiger partial charge in [-0.25, -0.2) is 0 Å². The van der Waals surface area contributed by atoms with Crippen LogP contribution >= 0.6 is 0 Å². The second-order valence-electron chi connectivity index (χ2n) is 4.89. The van der Waals surface area contributed by atoms with Crippen molar-refractivity contribution >= 4 is 0 Å². The van der Waals surface area contributed by atoms with Gasteiger partial charge >= 0.3 is 0 Å². The first-order valence-corrected chi connectivity index (χ1v) is 5.99. The third-order valence-corrected chi connectivity index (χ3v) is 2.92. The Morgan fingerprint density at radius 2 is 1.94 bits per heavy atom. The van der Waals surface area contributed by atoms with E-state index >= 15 is 0 Å². The van der Waals surface area contributed by atoms with Gasteiger partial charge in [-0.05, 0) is 26.8 Å². The van der Waals surface area contributed by atoms with E-state index in [0.717, 1.165) is 17.7 Å². The van der Waals surface area contributed by atoms with E-state index in [9.17, 15) is 0 Å². The zero-order valence-electron chi connectivity index (χ0n) is 11.2. The van der Waals surface area contributed by atoms with Gasteiger partial charge in [0.2, 0.25) is 0 Å². The Hall–Kier alpha value is -1.06. The number of methoxy groups -OCH3 is 1. The molecule has 0 radical (unpaired) electrons. The number of ether oxygens (including phenoxy) is 2. The molecule has 0 aliphatic heterocycles. The molecule has 1 atom stereocenters. The number of hydrogen-bond donors (Lipinski definition) is 1. The number of benzene rings is 1. The second-order valence-corrected chi connectivity index (χ2v) is 4.89. The Kier molecular flexibility index (Phi) is 4.97. The minimum Gasteiger partial charge on any atom is -0.493 e. The highest BCUT2D eigenvalue weighted by molar-refractivity contribution is 5.35. The fourth-order valence-electron chi connectivity index (χ4n) is 1.50. The lowest BCUT2D eigenvalue weighted by Gasteiger charge is -2.23. The predicted octanol–water partition coefficient (Wildman–Crippen LogP) is 2.90. The molecule has 0 amide bonds. The second kappa shape index (κ2) is 6.03. The van der Waals surface area contributed by atoms with Gasteiger partial charge in [0, 0.05) is 25.1 Å². The van der Waals surface area contributed by atoms with Crippen molar-refractivity contribution in [2.75, 3.05) is 13.7 Å². The van der Waals surface area contributed by atoms with Crippen LogP contribution in [0.5, 0.6) is 5.75 Å². The van der Waals surface area contributed by atoms with E-state index in [1.165, 1.54) is 0 Å². The van der Waals surface area contributed by atoms with Crippen LogP contribution in [-0.2, 0) is 4.74 Å². The quantitative estimate of drug-likeness (QED) is 0.827. The summed E-state index contributed by atoms with van der Waals surface area (Å²) in [4.78, 5) is 0. The van der Waals surface area contributed by atoms with Gasteiger partial charge in [-0.2, -0.15) is 0 Å². The van der Waals surface area contributed by atoms with Crippen LogP contribution < -0.4 is 10.5 Å². The summed E-state index contributed by atoms with van der Waals surface area (Å²) in [7, 11) is 1.72. The van der Waals surface area contributed by atoms with Crippen LogP contribution in [0.4, 0.5) is 0 Å². The predicted molar refractivity (Wildman–Crippen MR) is 70.2 cm³/mol. The van der Waals surface area contributed by atoms with Crippen LogP contribution in [0.1, 0.15) is 38.8 Å². The monoisotopic (exact) mass is 237 g/mol. The summed E-state index contributed by atoms with van der Waals surface area (Å²) in [6.45, 7) is 6.69. The van der Waals surface area contributed by atoms with E-state index in [0.29, 0.717) is 6.61 Å². The number of para-hydroxylation sites is 1. The Morgan fingerprint density at radius 1 is 1.29 bits per heavy atom. The van der Waals surface area contributed by atoms with E-state index in [2.05, 4.69) is 0 Å². The van der Waals surface area contributed by atoms with Crippen molar-refractivity contribution in [2.24, 2.45) is 5.73 Å². The number of rotatable bonds is 6. The summed E-state index contributed by atoms with van der Waals surface area (Å²) in [5.41, 5.74) is 6.79. The van der Waals surface area contributed by atoms with Crippen molar-refractivity contribution in [3.63, 3.8) is 0 Å². The summed E-state index contributed by atoms with van der Waals surface area (Å²) in [5.74, 6) is 0.870. The SMILES string of the molecule is COC(C)(C)CCOc1ccccc1[C@@H](C)N. The minimum absolute atomic E-state index is 0.0124. The zero-order valence-corrected chi connectivity index (χ0v) is 11.2. The molecule has 0 unspecified atom stereocenters. The van der Waals surface area contributed by atoms with Gasteiger partial charge in [0.15, 0.2) is 0 Å². The number of nitrogens with two attached hydrogens (primary N) is 1. The van der Waals surface area contributed by atoms with Crippen molar-refractivity contribution in [3.8, 4) is 5.75 Å². The summed E-state index contributed by atoms with van der Waals surface area (Å²) >= 11 is 0. The lowest BCUT2D eigenvalue weighted by atomic mass is 10.1. The molecule has 0 bridgehead atoms. The standard InChI is InChI=1S/C14H23NO2/c1-11(15)12-7-5-6-8-13(12)17-10-9-14(2,3)16-4/h5-8,11H,9-10,15H2,1-4H3/t11-/m1/s1. The first-order chi connectivity index (χ1) is 7.96.